The Labute approximate surface area is 116 Å². The monoisotopic (exact) mass is 260 g/mol. The third kappa shape index (κ3) is 1.82. The fourth-order valence-electron chi connectivity index (χ4n) is 2.46. The van der Waals surface area contributed by atoms with Crippen LogP contribution in [0, 0.1) is 0 Å². The zero-order valence-corrected chi connectivity index (χ0v) is 10.7. The lowest BCUT2D eigenvalue weighted by atomic mass is 10.00. The van der Waals surface area contributed by atoms with E-state index >= 15 is 0 Å². The first-order valence-electron chi connectivity index (χ1n) is 6.49. The summed E-state index contributed by atoms with van der Waals surface area (Å²) in [6.45, 7) is 0. The van der Waals surface area contributed by atoms with Crippen LogP contribution in [-0.2, 0) is 0 Å². The molecule has 0 aliphatic carbocycles. The molecule has 0 bridgehead atoms. The average molecular weight is 260 g/mol. The fraction of sp³-hybridized carbons (Fsp3) is 0. The quantitative estimate of drug-likeness (QED) is 0.485. The highest BCUT2D eigenvalue weighted by Gasteiger charge is 2.04. The van der Waals surface area contributed by atoms with Crippen molar-refractivity contribution in [1.82, 2.24) is 0 Å². The molecular weight excluding hydrogens is 248 g/mol. The Hall–Kier alpha value is -2.74. The molecule has 20 heavy (non-hydrogen) atoms. The summed E-state index contributed by atoms with van der Waals surface area (Å²) in [5, 5.41) is 2.44. The number of furan rings is 2. The lowest BCUT2D eigenvalue weighted by Crippen LogP contribution is -1.79. The summed E-state index contributed by atoms with van der Waals surface area (Å²) in [6, 6.07) is 16.8. The second-order valence-corrected chi connectivity index (χ2v) is 4.80. The van der Waals surface area contributed by atoms with Crippen molar-refractivity contribution in [2.75, 3.05) is 0 Å². The van der Waals surface area contributed by atoms with Crippen LogP contribution >= 0.6 is 0 Å². The normalized spacial score (nSPS) is 11.0. The van der Waals surface area contributed by atoms with E-state index in [1.807, 2.05) is 12.1 Å². The van der Waals surface area contributed by atoms with E-state index in [1.165, 1.54) is 10.8 Å². The van der Waals surface area contributed by atoms with E-state index in [0.29, 0.717) is 0 Å². The number of hydrogen-bond acceptors (Lipinski definition) is 2. The van der Waals surface area contributed by atoms with Gasteiger partial charge < -0.3 is 8.83 Å². The Bertz CT molecular complexity index is 771. The molecule has 0 N–H and O–H groups in total. The molecule has 96 valence electrons. The molecule has 2 aromatic carbocycles. The minimum absolute atomic E-state index is 1.10. The third-order valence-electron chi connectivity index (χ3n) is 3.55. The van der Waals surface area contributed by atoms with Gasteiger partial charge in [0.05, 0.1) is 25.1 Å². The summed E-state index contributed by atoms with van der Waals surface area (Å²) < 4.78 is 10.3. The molecule has 0 saturated carbocycles. The molecule has 0 amide bonds. The summed E-state index contributed by atoms with van der Waals surface area (Å²) in [4.78, 5) is 0. The molecule has 2 aromatic heterocycles. The maximum absolute atomic E-state index is 5.15. The van der Waals surface area contributed by atoms with Gasteiger partial charge in [-0.3, -0.25) is 0 Å². The topological polar surface area (TPSA) is 26.3 Å². The fourth-order valence-corrected chi connectivity index (χ4v) is 2.46. The van der Waals surface area contributed by atoms with Crippen LogP contribution in [0.4, 0.5) is 0 Å². The number of hydrogen-bond donors (Lipinski definition) is 0. The molecule has 0 fully saturated rings. The van der Waals surface area contributed by atoms with Crippen LogP contribution in [0.25, 0.3) is 33.0 Å². The molecule has 0 saturated heterocycles. The van der Waals surface area contributed by atoms with E-state index in [0.717, 1.165) is 22.3 Å². The van der Waals surface area contributed by atoms with E-state index in [1.54, 1.807) is 25.1 Å². The van der Waals surface area contributed by atoms with Gasteiger partial charge in [0.25, 0.3) is 0 Å². The smallest absolute Gasteiger partial charge is 0.0980 e. The summed E-state index contributed by atoms with van der Waals surface area (Å²) in [7, 11) is 0. The van der Waals surface area contributed by atoms with Gasteiger partial charge in [0.15, 0.2) is 0 Å². The second-order valence-electron chi connectivity index (χ2n) is 4.80. The van der Waals surface area contributed by atoms with Gasteiger partial charge in [0, 0.05) is 11.1 Å². The van der Waals surface area contributed by atoms with Crippen molar-refractivity contribution in [3.05, 3.63) is 73.6 Å². The van der Waals surface area contributed by atoms with Crippen molar-refractivity contribution in [1.29, 1.82) is 0 Å². The molecule has 0 unspecified atom stereocenters. The van der Waals surface area contributed by atoms with E-state index in [2.05, 4.69) is 36.4 Å². The van der Waals surface area contributed by atoms with Crippen LogP contribution in [-0.4, -0.2) is 0 Å². The molecule has 0 spiro atoms. The maximum atomic E-state index is 5.15. The van der Waals surface area contributed by atoms with Gasteiger partial charge in [-0.25, -0.2) is 0 Å². The van der Waals surface area contributed by atoms with E-state index in [4.69, 9.17) is 8.83 Å². The Morgan fingerprint density at radius 2 is 1.05 bits per heavy atom. The standard InChI is InChI=1S/C18H12O2/c1-3-14(16-5-7-19-11-16)9-18-10-15(4-2-13(1)18)17-6-8-20-12-17/h1-12H. The minimum Gasteiger partial charge on any atom is -0.472 e. The summed E-state index contributed by atoms with van der Waals surface area (Å²) in [5.41, 5.74) is 4.52. The summed E-state index contributed by atoms with van der Waals surface area (Å²) in [5.74, 6) is 0. The first-order valence-corrected chi connectivity index (χ1v) is 6.49. The van der Waals surface area contributed by atoms with Gasteiger partial charge in [-0.05, 0) is 46.2 Å². The lowest BCUT2D eigenvalue weighted by molar-refractivity contribution is 0.568. The van der Waals surface area contributed by atoms with Gasteiger partial charge in [-0.2, -0.15) is 0 Å². The maximum Gasteiger partial charge on any atom is 0.0980 e. The highest BCUT2D eigenvalue weighted by atomic mass is 16.3. The molecule has 4 aromatic rings. The highest BCUT2D eigenvalue weighted by molar-refractivity contribution is 5.90. The summed E-state index contributed by atoms with van der Waals surface area (Å²) >= 11 is 0. The van der Waals surface area contributed by atoms with Crippen LogP contribution < -0.4 is 0 Å². The zero-order valence-electron chi connectivity index (χ0n) is 10.7. The number of fused-ring (bicyclic) bond motifs is 1. The van der Waals surface area contributed by atoms with Crippen LogP contribution in [0.3, 0.4) is 0 Å². The predicted molar refractivity (Wildman–Crippen MR) is 79.4 cm³/mol. The SMILES string of the molecule is c1cc(-c2ccc3ccc(-c4ccoc4)cc3c2)co1. The van der Waals surface area contributed by atoms with Crippen LogP contribution in [0.5, 0.6) is 0 Å². The Morgan fingerprint density at radius 1 is 0.500 bits per heavy atom. The lowest BCUT2D eigenvalue weighted by Gasteiger charge is -2.04. The van der Waals surface area contributed by atoms with Crippen molar-refractivity contribution in [3.63, 3.8) is 0 Å². The average Bonchev–Trinajstić information content (AvgIpc) is 3.19. The Balaban J connectivity index is 1.88. The van der Waals surface area contributed by atoms with Crippen LogP contribution in [0.15, 0.2) is 82.4 Å². The minimum atomic E-state index is 1.10. The van der Waals surface area contributed by atoms with Gasteiger partial charge in [-0.15, -0.1) is 0 Å². The molecule has 4 rings (SSSR count). The largest absolute Gasteiger partial charge is 0.472 e. The summed E-state index contributed by atoms with van der Waals surface area (Å²) in [6.07, 6.45) is 6.92. The third-order valence-corrected chi connectivity index (χ3v) is 3.55. The Kier molecular flexibility index (Phi) is 2.46. The van der Waals surface area contributed by atoms with Crippen molar-refractivity contribution in [3.8, 4) is 22.3 Å². The van der Waals surface area contributed by atoms with Gasteiger partial charge in [0.1, 0.15) is 0 Å². The molecule has 0 aliphatic heterocycles. The van der Waals surface area contributed by atoms with Gasteiger partial charge in [0.2, 0.25) is 0 Å². The van der Waals surface area contributed by atoms with Crippen LogP contribution in [0.2, 0.25) is 0 Å². The van der Waals surface area contributed by atoms with Crippen molar-refractivity contribution >= 4 is 10.8 Å². The van der Waals surface area contributed by atoms with E-state index in [9.17, 15) is 0 Å². The number of rotatable bonds is 2. The van der Waals surface area contributed by atoms with Crippen molar-refractivity contribution in [2.24, 2.45) is 0 Å². The van der Waals surface area contributed by atoms with Gasteiger partial charge >= 0.3 is 0 Å². The molecular formula is C18H12O2. The second kappa shape index (κ2) is 4.42. The number of benzene rings is 2. The molecule has 0 radical (unpaired) electrons. The Morgan fingerprint density at radius 3 is 1.50 bits per heavy atom. The molecule has 2 nitrogen and oxygen atoms in total. The predicted octanol–water partition coefficient (Wildman–Crippen LogP) is 5.36. The molecule has 2 heterocycles. The molecule has 2 heteroatoms. The molecule has 0 atom stereocenters. The zero-order chi connectivity index (χ0) is 13.4. The van der Waals surface area contributed by atoms with E-state index < -0.39 is 0 Å². The van der Waals surface area contributed by atoms with Crippen molar-refractivity contribution in [2.45, 2.75) is 0 Å². The highest BCUT2D eigenvalue weighted by Crippen LogP contribution is 2.28. The van der Waals surface area contributed by atoms with E-state index in [-0.39, 0.29) is 0 Å². The van der Waals surface area contributed by atoms with Crippen LogP contribution in [0.1, 0.15) is 0 Å². The van der Waals surface area contributed by atoms with Gasteiger partial charge in [-0.1, -0.05) is 24.3 Å². The molecule has 0 aliphatic rings. The first kappa shape index (κ1) is 11.1. The first-order chi connectivity index (χ1) is 9.90. The van der Waals surface area contributed by atoms with Crippen molar-refractivity contribution < 1.29 is 8.83 Å².